The number of aromatic nitrogens is 2. The SMILES string of the molecule is Cc1cc(-c2cn(C)nc2C(=O)O)c(Cl)cc1C1CC1. The van der Waals surface area contributed by atoms with Crippen molar-refractivity contribution in [3.05, 3.63) is 40.2 Å². The molecule has 1 aromatic carbocycles. The first-order valence-corrected chi connectivity index (χ1v) is 6.92. The second-order valence-corrected chi connectivity index (χ2v) is 5.74. The molecule has 0 amide bonds. The maximum absolute atomic E-state index is 11.3. The monoisotopic (exact) mass is 290 g/mol. The lowest BCUT2D eigenvalue weighted by molar-refractivity contribution is 0.0690. The van der Waals surface area contributed by atoms with Gasteiger partial charge in [-0.3, -0.25) is 4.68 Å². The predicted molar refractivity (Wildman–Crippen MR) is 77.3 cm³/mol. The van der Waals surface area contributed by atoms with Crippen molar-refractivity contribution in [1.82, 2.24) is 9.78 Å². The Morgan fingerprint density at radius 3 is 2.70 bits per heavy atom. The average molecular weight is 291 g/mol. The van der Waals surface area contributed by atoms with Crippen molar-refractivity contribution in [3.8, 4) is 11.1 Å². The van der Waals surface area contributed by atoms with Gasteiger partial charge >= 0.3 is 5.97 Å². The molecule has 1 heterocycles. The Kier molecular flexibility index (Phi) is 3.05. The number of aryl methyl sites for hydroxylation is 2. The molecular weight excluding hydrogens is 276 g/mol. The number of carboxylic acids is 1. The molecule has 0 unspecified atom stereocenters. The fraction of sp³-hybridized carbons (Fsp3) is 0.333. The second kappa shape index (κ2) is 4.63. The molecule has 0 aliphatic heterocycles. The molecule has 4 nitrogen and oxygen atoms in total. The van der Waals surface area contributed by atoms with Crippen LogP contribution in [0.4, 0.5) is 0 Å². The summed E-state index contributed by atoms with van der Waals surface area (Å²) >= 11 is 6.36. The number of rotatable bonds is 3. The maximum atomic E-state index is 11.3. The minimum Gasteiger partial charge on any atom is -0.476 e. The Hall–Kier alpha value is -1.81. The summed E-state index contributed by atoms with van der Waals surface area (Å²) in [4.78, 5) is 11.3. The van der Waals surface area contributed by atoms with Gasteiger partial charge in [0.05, 0.1) is 0 Å². The predicted octanol–water partition coefficient (Wildman–Crippen LogP) is 3.62. The first kappa shape index (κ1) is 13.2. The van der Waals surface area contributed by atoms with E-state index in [1.165, 1.54) is 23.1 Å². The van der Waals surface area contributed by atoms with E-state index >= 15 is 0 Å². The number of benzene rings is 1. The summed E-state index contributed by atoms with van der Waals surface area (Å²) in [5.74, 6) is -0.421. The average Bonchev–Trinajstić information content (AvgIpc) is 3.14. The molecule has 1 aliphatic rings. The standard InChI is InChI=1S/C15H15ClN2O2/c1-8-5-11(13(16)6-10(8)9-3-4-9)12-7-18(2)17-14(12)15(19)20/h5-7,9H,3-4H2,1-2H3,(H,19,20). The van der Waals surface area contributed by atoms with Gasteiger partial charge in [-0.1, -0.05) is 11.6 Å². The third-order valence-electron chi connectivity index (χ3n) is 3.69. The van der Waals surface area contributed by atoms with Crippen LogP contribution in [0.25, 0.3) is 11.1 Å². The molecule has 5 heteroatoms. The molecule has 1 aliphatic carbocycles. The fourth-order valence-corrected chi connectivity index (χ4v) is 2.85. The minimum absolute atomic E-state index is 0.0352. The largest absolute Gasteiger partial charge is 0.476 e. The molecule has 0 atom stereocenters. The van der Waals surface area contributed by atoms with Gasteiger partial charge in [-0.15, -0.1) is 0 Å². The zero-order valence-electron chi connectivity index (χ0n) is 11.4. The van der Waals surface area contributed by atoms with E-state index in [-0.39, 0.29) is 5.69 Å². The van der Waals surface area contributed by atoms with Gasteiger partial charge in [-0.25, -0.2) is 4.79 Å². The normalized spacial score (nSPS) is 14.6. The Bertz CT molecular complexity index is 702. The number of hydrogen-bond acceptors (Lipinski definition) is 2. The van der Waals surface area contributed by atoms with Crippen LogP contribution >= 0.6 is 11.6 Å². The third kappa shape index (κ3) is 2.20. The van der Waals surface area contributed by atoms with Crippen molar-refractivity contribution < 1.29 is 9.90 Å². The molecule has 1 aromatic heterocycles. The van der Waals surface area contributed by atoms with Gasteiger partial charge in [0.15, 0.2) is 5.69 Å². The number of nitrogens with zero attached hydrogens (tertiary/aromatic N) is 2. The van der Waals surface area contributed by atoms with Crippen molar-refractivity contribution in [2.24, 2.45) is 7.05 Å². The maximum Gasteiger partial charge on any atom is 0.357 e. The second-order valence-electron chi connectivity index (χ2n) is 5.33. The summed E-state index contributed by atoms with van der Waals surface area (Å²) in [5.41, 5.74) is 3.77. The molecule has 1 fully saturated rings. The lowest BCUT2D eigenvalue weighted by atomic mass is 9.97. The van der Waals surface area contributed by atoms with Gasteiger partial charge in [0.25, 0.3) is 0 Å². The Morgan fingerprint density at radius 1 is 1.40 bits per heavy atom. The first-order valence-electron chi connectivity index (χ1n) is 6.54. The Balaban J connectivity index is 2.15. The van der Waals surface area contributed by atoms with Crippen molar-refractivity contribution in [2.45, 2.75) is 25.7 Å². The molecular formula is C15H15ClN2O2. The molecule has 1 saturated carbocycles. The summed E-state index contributed by atoms with van der Waals surface area (Å²) in [6, 6.07) is 3.95. The summed E-state index contributed by atoms with van der Waals surface area (Å²) in [7, 11) is 1.70. The topological polar surface area (TPSA) is 55.1 Å². The summed E-state index contributed by atoms with van der Waals surface area (Å²) in [5, 5.41) is 13.8. The fourth-order valence-electron chi connectivity index (χ4n) is 2.58. The van der Waals surface area contributed by atoms with Crippen LogP contribution in [0.3, 0.4) is 0 Å². The van der Waals surface area contributed by atoms with Crippen molar-refractivity contribution in [2.75, 3.05) is 0 Å². The zero-order chi connectivity index (χ0) is 14.4. The van der Waals surface area contributed by atoms with Crippen LogP contribution in [0, 0.1) is 6.92 Å². The van der Waals surface area contributed by atoms with Gasteiger partial charge < -0.3 is 5.11 Å². The minimum atomic E-state index is -1.04. The molecule has 1 N–H and O–H groups in total. The van der Waals surface area contributed by atoms with Gasteiger partial charge in [0.1, 0.15) is 0 Å². The summed E-state index contributed by atoms with van der Waals surface area (Å²) in [6.45, 7) is 2.05. The lowest BCUT2D eigenvalue weighted by Crippen LogP contribution is -2.01. The smallest absolute Gasteiger partial charge is 0.357 e. The molecule has 0 spiro atoms. The van der Waals surface area contributed by atoms with Crippen molar-refractivity contribution in [3.63, 3.8) is 0 Å². The van der Waals surface area contributed by atoms with Crippen LogP contribution in [0.5, 0.6) is 0 Å². The van der Waals surface area contributed by atoms with Crippen molar-refractivity contribution >= 4 is 17.6 Å². The molecule has 0 radical (unpaired) electrons. The van der Waals surface area contributed by atoms with Crippen LogP contribution in [0.1, 0.15) is 40.4 Å². The van der Waals surface area contributed by atoms with E-state index in [1.807, 2.05) is 19.1 Å². The number of halogens is 1. The Labute approximate surface area is 122 Å². The van der Waals surface area contributed by atoms with Crippen LogP contribution in [0.2, 0.25) is 5.02 Å². The number of aromatic carboxylic acids is 1. The highest BCUT2D eigenvalue weighted by Gasteiger charge is 2.27. The van der Waals surface area contributed by atoms with Gasteiger partial charge in [-0.05, 0) is 48.9 Å². The van der Waals surface area contributed by atoms with E-state index in [2.05, 4.69) is 5.10 Å². The molecule has 3 rings (SSSR count). The quantitative estimate of drug-likeness (QED) is 0.939. The molecule has 2 aromatic rings. The summed E-state index contributed by atoms with van der Waals surface area (Å²) < 4.78 is 1.50. The first-order chi connectivity index (χ1) is 9.47. The Morgan fingerprint density at radius 2 is 2.10 bits per heavy atom. The van der Waals surface area contributed by atoms with E-state index in [4.69, 9.17) is 11.6 Å². The molecule has 0 saturated heterocycles. The van der Waals surface area contributed by atoms with Crippen LogP contribution in [-0.2, 0) is 7.05 Å². The van der Waals surface area contributed by atoms with Gasteiger partial charge in [-0.2, -0.15) is 5.10 Å². The van der Waals surface area contributed by atoms with E-state index in [1.54, 1.807) is 13.2 Å². The highest BCUT2D eigenvalue weighted by molar-refractivity contribution is 6.33. The molecule has 20 heavy (non-hydrogen) atoms. The van der Waals surface area contributed by atoms with E-state index in [0.717, 1.165) is 11.1 Å². The third-order valence-corrected chi connectivity index (χ3v) is 4.01. The number of hydrogen-bond donors (Lipinski definition) is 1. The summed E-state index contributed by atoms with van der Waals surface area (Å²) in [6.07, 6.45) is 4.12. The van der Waals surface area contributed by atoms with Gasteiger partial charge in [0.2, 0.25) is 0 Å². The van der Waals surface area contributed by atoms with Crippen LogP contribution < -0.4 is 0 Å². The molecule has 104 valence electrons. The van der Waals surface area contributed by atoms with E-state index in [0.29, 0.717) is 16.5 Å². The van der Waals surface area contributed by atoms with Gasteiger partial charge in [0, 0.05) is 29.4 Å². The highest BCUT2D eigenvalue weighted by atomic mass is 35.5. The van der Waals surface area contributed by atoms with Crippen molar-refractivity contribution in [1.29, 1.82) is 0 Å². The van der Waals surface area contributed by atoms with E-state index in [9.17, 15) is 9.90 Å². The highest BCUT2D eigenvalue weighted by Crippen LogP contribution is 2.44. The number of carbonyl (C=O) groups is 1. The lowest BCUT2D eigenvalue weighted by Gasteiger charge is -2.10. The zero-order valence-corrected chi connectivity index (χ0v) is 12.1. The number of carboxylic acid groups (broad SMARTS) is 1. The van der Waals surface area contributed by atoms with Crippen LogP contribution in [0.15, 0.2) is 18.3 Å². The van der Waals surface area contributed by atoms with E-state index < -0.39 is 5.97 Å². The molecule has 0 bridgehead atoms. The van der Waals surface area contributed by atoms with Crippen LogP contribution in [-0.4, -0.2) is 20.9 Å².